The predicted octanol–water partition coefficient (Wildman–Crippen LogP) is 5.80. The molecule has 1 aliphatic carbocycles. The maximum Gasteiger partial charge on any atom is 0.251 e. The van der Waals surface area contributed by atoms with Crippen molar-refractivity contribution >= 4 is 35.0 Å². The Hall–Kier alpha value is -2.37. The molecule has 0 heterocycles. The summed E-state index contributed by atoms with van der Waals surface area (Å²) in [5.41, 5.74) is -0.0807. The number of benzene rings is 2. The third kappa shape index (κ3) is 5.10. The van der Waals surface area contributed by atoms with Crippen LogP contribution in [0.25, 0.3) is 0 Å². The summed E-state index contributed by atoms with van der Waals surface area (Å²) in [6.45, 7) is 7.94. The van der Waals surface area contributed by atoms with Crippen LogP contribution in [0, 0.1) is 11.2 Å². The minimum Gasteiger partial charge on any atom is -0.350 e. The Labute approximate surface area is 191 Å². The van der Waals surface area contributed by atoms with Crippen molar-refractivity contribution in [3.05, 3.63) is 82.1 Å². The van der Waals surface area contributed by atoms with Gasteiger partial charge in [0, 0.05) is 28.1 Å². The average Bonchev–Trinajstić information content (AvgIpc) is 3.51. The minimum absolute atomic E-state index is 0.190. The molecule has 2 unspecified atom stereocenters. The highest BCUT2D eigenvalue weighted by molar-refractivity contribution is 6.42. The van der Waals surface area contributed by atoms with Gasteiger partial charge in [-0.3, -0.25) is 9.59 Å². The lowest BCUT2D eigenvalue weighted by molar-refractivity contribution is 0.0862. The molecule has 0 spiro atoms. The molecule has 1 aliphatic rings. The van der Waals surface area contributed by atoms with Gasteiger partial charge in [0.05, 0.1) is 10.0 Å². The summed E-state index contributed by atoms with van der Waals surface area (Å²) in [5, 5.41) is 6.81. The molecule has 4 nitrogen and oxygen atoms in total. The molecule has 0 aromatic heterocycles. The molecule has 2 aromatic rings. The monoisotopic (exact) mass is 462 g/mol. The van der Waals surface area contributed by atoms with Gasteiger partial charge in [0.2, 0.25) is 0 Å². The number of hydrogen-bond donors (Lipinski definition) is 2. The fraction of sp³-hybridized carbons (Fsp3) is 0.333. The van der Waals surface area contributed by atoms with Crippen LogP contribution in [0.3, 0.4) is 0 Å². The Morgan fingerprint density at radius 3 is 2.29 bits per heavy atom. The number of rotatable bonds is 8. The van der Waals surface area contributed by atoms with Crippen LogP contribution in [0.1, 0.15) is 53.8 Å². The lowest BCUT2D eigenvalue weighted by Gasteiger charge is -2.38. The van der Waals surface area contributed by atoms with Gasteiger partial charge in [-0.25, -0.2) is 4.39 Å². The van der Waals surface area contributed by atoms with Crippen molar-refractivity contribution in [1.29, 1.82) is 0 Å². The number of hydrogen-bond acceptors (Lipinski definition) is 2. The molecule has 2 atom stereocenters. The van der Waals surface area contributed by atoms with Crippen LogP contribution in [0.15, 0.2) is 55.1 Å². The van der Waals surface area contributed by atoms with E-state index in [9.17, 15) is 14.0 Å². The van der Waals surface area contributed by atoms with E-state index in [1.54, 1.807) is 12.1 Å². The van der Waals surface area contributed by atoms with Crippen LogP contribution in [0.2, 0.25) is 10.0 Å². The zero-order chi connectivity index (χ0) is 22.8. The third-order valence-corrected chi connectivity index (χ3v) is 6.78. The Kier molecular flexibility index (Phi) is 6.77. The summed E-state index contributed by atoms with van der Waals surface area (Å²) in [6.07, 6.45) is 4.02. The normalized spacial score (nSPS) is 17.2. The van der Waals surface area contributed by atoms with E-state index in [2.05, 4.69) is 17.2 Å². The smallest absolute Gasteiger partial charge is 0.251 e. The van der Waals surface area contributed by atoms with Crippen LogP contribution in [-0.2, 0) is 0 Å². The van der Waals surface area contributed by atoms with Crippen molar-refractivity contribution in [2.45, 2.75) is 44.7 Å². The second-order valence-electron chi connectivity index (χ2n) is 8.37. The second kappa shape index (κ2) is 9.01. The van der Waals surface area contributed by atoms with E-state index in [1.165, 1.54) is 30.3 Å². The molecular weight excluding hydrogens is 438 g/mol. The van der Waals surface area contributed by atoms with Crippen molar-refractivity contribution in [1.82, 2.24) is 10.6 Å². The van der Waals surface area contributed by atoms with Crippen molar-refractivity contribution < 1.29 is 14.0 Å². The summed E-state index contributed by atoms with van der Waals surface area (Å²) >= 11 is 11.9. The van der Waals surface area contributed by atoms with Gasteiger partial charge >= 0.3 is 0 Å². The van der Waals surface area contributed by atoms with Gasteiger partial charge in [-0.05, 0) is 68.7 Å². The summed E-state index contributed by atoms with van der Waals surface area (Å²) in [5.74, 6) is -0.893. The maximum atomic E-state index is 13.2. The second-order valence-corrected chi connectivity index (χ2v) is 9.19. The summed E-state index contributed by atoms with van der Waals surface area (Å²) < 4.78 is 13.2. The molecule has 1 fully saturated rings. The van der Waals surface area contributed by atoms with E-state index in [4.69, 9.17) is 23.2 Å². The minimum atomic E-state index is -0.456. The van der Waals surface area contributed by atoms with E-state index in [0.29, 0.717) is 27.6 Å². The molecule has 1 saturated carbocycles. The molecule has 2 amide bonds. The zero-order valence-electron chi connectivity index (χ0n) is 17.5. The van der Waals surface area contributed by atoms with Crippen LogP contribution in [0.5, 0.6) is 0 Å². The van der Waals surface area contributed by atoms with Gasteiger partial charge in [-0.1, -0.05) is 36.2 Å². The first-order chi connectivity index (χ1) is 14.6. The van der Waals surface area contributed by atoms with Gasteiger partial charge in [0.15, 0.2) is 0 Å². The van der Waals surface area contributed by atoms with E-state index in [0.717, 1.165) is 12.8 Å². The third-order valence-electron chi connectivity index (χ3n) is 6.04. The number of carbonyl (C=O) groups excluding carboxylic acids is 2. The molecule has 2 aromatic carbocycles. The lowest BCUT2D eigenvalue weighted by Crippen LogP contribution is -2.50. The molecule has 164 valence electrons. The fourth-order valence-electron chi connectivity index (χ4n) is 3.96. The number of amides is 2. The predicted molar refractivity (Wildman–Crippen MR) is 122 cm³/mol. The SMILES string of the molecule is C=CC(C)(CC(C)NC(=O)c1ccc(Cl)c(Cl)c1)C1(NC(=O)c2ccc(F)cc2)CC1. The quantitative estimate of drug-likeness (QED) is 0.487. The zero-order valence-corrected chi connectivity index (χ0v) is 19.0. The number of halogens is 3. The fourth-order valence-corrected chi connectivity index (χ4v) is 4.26. The maximum absolute atomic E-state index is 13.2. The van der Waals surface area contributed by atoms with Crippen LogP contribution < -0.4 is 10.6 Å². The van der Waals surface area contributed by atoms with E-state index >= 15 is 0 Å². The molecule has 7 heteroatoms. The van der Waals surface area contributed by atoms with Crippen molar-refractivity contribution in [3.8, 4) is 0 Å². The first-order valence-corrected chi connectivity index (χ1v) is 10.8. The Morgan fingerprint density at radius 2 is 1.74 bits per heavy atom. The van der Waals surface area contributed by atoms with Crippen LogP contribution >= 0.6 is 23.2 Å². The number of nitrogens with one attached hydrogen (secondary N) is 2. The highest BCUT2D eigenvalue weighted by Crippen LogP contribution is 2.53. The molecule has 3 rings (SSSR count). The largest absolute Gasteiger partial charge is 0.350 e. The summed E-state index contributed by atoms with van der Waals surface area (Å²) in [7, 11) is 0. The van der Waals surface area contributed by atoms with E-state index in [1.807, 2.05) is 19.9 Å². The van der Waals surface area contributed by atoms with Gasteiger partial charge in [0.25, 0.3) is 11.8 Å². The molecule has 0 aliphatic heterocycles. The highest BCUT2D eigenvalue weighted by atomic mass is 35.5. The van der Waals surface area contributed by atoms with Gasteiger partial charge < -0.3 is 10.6 Å². The molecule has 0 saturated heterocycles. The van der Waals surface area contributed by atoms with Gasteiger partial charge in [0.1, 0.15) is 5.82 Å². The molecule has 31 heavy (non-hydrogen) atoms. The average molecular weight is 463 g/mol. The van der Waals surface area contributed by atoms with Crippen molar-refractivity contribution in [3.63, 3.8) is 0 Å². The van der Waals surface area contributed by atoms with Crippen LogP contribution in [0.4, 0.5) is 4.39 Å². The first kappa shape index (κ1) is 23.3. The van der Waals surface area contributed by atoms with E-state index in [-0.39, 0.29) is 23.7 Å². The van der Waals surface area contributed by atoms with E-state index < -0.39 is 11.0 Å². The summed E-state index contributed by atoms with van der Waals surface area (Å²) in [4.78, 5) is 25.3. The Morgan fingerprint density at radius 1 is 1.13 bits per heavy atom. The number of carbonyl (C=O) groups is 2. The Balaban J connectivity index is 1.68. The Bertz CT molecular complexity index is 1010. The van der Waals surface area contributed by atoms with Crippen LogP contribution in [-0.4, -0.2) is 23.4 Å². The molecule has 2 N–H and O–H groups in total. The molecule has 0 bridgehead atoms. The van der Waals surface area contributed by atoms with Gasteiger partial charge in [-0.2, -0.15) is 0 Å². The van der Waals surface area contributed by atoms with Crippen molar-refractivity contribution in [2.24, 2.45) is 5.41 Å². The first-order valence-electron chi connectivity index (χ1n) is 10.1. The standard InChI is InChI=1S/C24H25Cl2FN2O2/c1-4-23(3,14-15(2)28-21(30)17-7-10-19(25)20(26)13-17)24(11-12-24)29-22(31)16-5-8-18(27)9-6-16/h4-10,13,15H,1,11-12,14H2,2-3H3,(H,28,30)(H,29,31). The lowest BCUT2D eigenvalue weighted by atomic mass is 9.74. The molecular formula is C24H25Cl2FN2O2. The van der Waals surface area contributed by atoms with Gasteiger partial charge in [-0.15, -0.1) is 6.58 Å². The topological polar surface area (TPSA) is 58.2 Å². The summed E-state index contributed by atoms with van der Waals surface area (Å²) in [6, 6.07) is 10.0. The van der Waals surface area contributed by atoms with Crippen molar-refractivity contribution in [2.75, 3.05) is 0 Å². The highest BCUT2D eigenvalue weighted by Gasteiger charge is 2.56. The molecule has 0 radical (unpaired) electrons.